The van der Waals surface area contributed by atoms with Crippen LogP contribution in [0.25, 0.3) is 18.2 Å². The molecule has 0 aromatic heterocycles. The van der Waals surface area contributed by atoms with Crippen molar-refractivity contribution in [3.8, 4) is 23.0 Å². The van der Waals surface area contributed by atoms with Gasteiger partial charge in [-0.15, -0.1) is 0 Å². The van der Waals surface area contributed by atoms with Gasteiger partial charge < -0.3 is 23.7 Å². The maximum Gasteiger partial charge on any atom is 0.119 e. The molecule has 0 radical (unpaired) electrons. The molecule has 0 saturated carbocycles. The molecule has 0 amide bonds. The summed E-state index contributed by atoms with van der Waals surface area (Å²) < 4.78 is 27.1. The molecule has 0 aliphatic heterocycles. The van der Waals surface area contributed by atoms with E-state index in [1.165, 1.54) is 338 Å². The van der Waals surface area contributed by atoms with E-state index < -0.39 is 0 Å². The molecule has 0 saturated heterocycles. The number of hydrogen-bond donors (Lipinski definition) is 0. The fourth-order valence-corrected chi connectivity index (χ4v) is 16.6. The topological polar surface area (TPSA) is 46.2 Å². The number of fused-ring (bicyclic) bond motifs is 8. The number of rotatable bonds is 35. The largest absolute Gasteiger partial charge is 0.497 e. The van der Waals surface area contributed by atoms with Gasteiger partial charge in [-0.2, -0.15) is 0 Å². The maximum atomic E-state index is 5.72. The summed E-state index contributed by atoms with van der Waals surface area (Å²) in [4.78, 5) is 0. The first-order valence-electron chi connectivity index (χ1n) is 51.1. The highest BCUT2D eigenvalue weighted by Crippen LogP contribution is 2.33. The lowest BCUT2D eigenvalue weighted by molar-refractivity contribution is 0.184. The standard InChI is InChI=1S/C14H20O.C14H20.C13H18O2.C13H18O.2C12H16.C11H14.C10H12.C9H10O.2C9H10/c1-2-3-4-5-10-15-14-9-8-12-6-7-13(12)11-14;1-3-5-6-7-8-14-11-9-13(4-2)10-12-14;1-14-8-2-3-9-15-13-7-6-11-4-5-12(11)10-13;1-2-3-4-9-14-13-8-7-11-5-6-12(11)10-13;1-2-3-4-10-5-6-11-7-8-12(11)9-10;1-3-5-6-12-9-7-11(4-2)8-10-12;1-2-3-9-4-5-10-6-7-11(10)8-9;1-2-8-3-4-9-5-6-10(9)7-8;1-10-9-5-4-7-2-3-8(7)6-9;1-7-2-3-8-4-5-9(8)6-7;1-3-9-6-4-8(2)5-7-9/h8-9,11H,2-7,10H2,1H3;4,9-12H,2-3,5-8H2,1H3;6-7,10H,2-5,8-9H2,1H3;7-8,10H,2-6,9H2,1H3;5-6,9H,2-4,7-8H2,1H3;4,7-10H,2-3,5-6H2,1H3;4-5,8H,2-3,6-7H2,1H3;3-4,7H,2,5-6H2,1H3;4-6H,2-3H2,1H3;2-3,6H,4-5H2,1H3;3-7H,1H2,2H3. The Morgan fingerprint density at radius 3 is 0.817 bits per heavy atom. The van der Waals surface area contributed by atoms with Crippen LogP contribution in [0.2, 0.25) is 0 Å². The second kappa shape index (κ2) is 60.8. The zero-order chi connectivity index (χ0) is 92.8. The van der Waals surface area contributed by atoms with Crippen molar-refractivity contribution in [2.75, 3.05) is 40.6 Å². The van der Waals surface area contributed by atoms with Crippen LogP contribution in [0.1, 0.15) is 309 Å². The number of aryl methyl sites for hydroxylation is 23. The van der Waals surface area contributed by atoms with Crippen molar-refractivity contribution < 1.29 is 23.7 Å². The van der Waals surface area contributed by atoms with Crippen molar-refractivity contribution in [1.82, 2.24) is 0 Å². The number of ether oxygens (including phenoxy) is 5. The smallest absolute Gasteiger partial charge is 0.119 e. The quantitative estimate of drug-likeness (QED) is 0.0371. The average molecular weight is 1760 g/mol. The van der Waals surface area contributed by atoms with Gasteiger partial charge in [-0.05, 0) is 376 Å². The van der Waals surface area contributed by atoms with Crippen LogP contribution < -0.4 is 18.9 Å². The lowest BCUT2D eigenvalue weighted by Crippen LogP contribution is -2.08. The predicted octanol–water partition coefficient (Wildman–Crippen LogP) is 32.6. The van der Waals surface area contributed by atoms with Crippen LogP contribution in [0.3, 0.4) is 0 Å². The molecular weight excluding hydrogens is 1590 g/mol. The zero-order valence-electron chi connectivity index (χ0n) is 83.1. The molecule has 0 atom stereocenters. The van der Waals surface area contributed by atoms with E-state index >= 15 is 0 Å². The van der Waals surface area contributed by atoms with Gasteiger partial charge in [0.15, 0.2) is 0 Å². The highest BCUT2D eigenvalue weighted by atomic mass is 16.5. The minimum Gasteiger partial charge on any atom is -0.497 e. The van der Waals surface area contributed by atoms with Gasteiger partial charge >= 0.3 is 0 Å². The summed E-state index contributed by atoms with van der Waals surface area (Å²) in [6.07, 6.45) is 54.8. The summed E-state index contributed by atoms with van der Waals surface area (Å²) in [5, 5.41) is 0. The molecule has 698 valence electrons. The van der Waals surface area contributed by atoms with Crippen LogP contribution in [0.4, 0.5) is 0 Å². The summed E-state index contributed by atoms with van der Waals surface area (Å²) in [5.74, 6) is 4.12. The molecule has 0 fully saturated rings. The third-order valence-electron chi connectivity index (χ3n) is 26.4. The number of unbranched alkanes of at least 4 members (excludes halogenated alkanes) is 11. The molecule has 11 aromatic rings. The fourth-order valence-electron chi connectivity index (χ4n) is 16.6. The Labute approximate surface area is 795 Å². The van der Waals surface area contributed by atoms with Crippen LogP contribution in [-0.4, -0.2) is 40.6 Å². The Bertz CT molecular complexity index is 4990. The number of benzene rings is 11. The fraction of sp³-hybridized carbons (Fsp3) is 0.429. The third-order valence-corrected chi connectivity index (χ3v) is 26.4. The van der Waals surface area contributed by atoms with Crippen molar-refractivity contribution in [1.29, 1.82) is 0 Å². The SMILES string of the molecule is C=Cc1ccc(C)cc1.C=Cc1ccc(CCCC)cc1.C=Cc1ccc(CCCCCC)cc1.CCCCCCOc1ccc2c(c1)CC2.CCCCCOc1ccc2c(c1)CC2.CCCCc1ccc2c(c1)CC2.CCCc1ccc2c(c1)CC2.CCc1ccc2c(c1)CC2.COCCCCOc1ccc2c(c1)CC2.COc1ccc2c(c1)CC2.Cc1ccc2c(c1)CC2. The summed E-state index contributed by atoms with van der Waals surface area (Å²) >= 11 is 0. The summed E-state index contributed by atoms with van der Waals surface area (Å²) in [7, 11) is 3.44. The molecular formula is C126H164O5. The minimum atomic E-state index is 0.794. The summed E-state index contributed by atoms with van der Waals surface area (Å²) in [6.45, 7) is 34.3. The van der Waals surface area contributed by atoms with E-state index in [9.17, 15) is 0 Å². The van der Waals surface area contributed by atoms with Gasteiger partial charge in [0.1, 0.15) is 23.0 Å². The zero-order valence-corrected chi connectivity index (χ0v) is 83.1. The van der Waals surface area contributed by atoms with Crippen LogP contribution >= 0.6 is 0 Å². The molecule has 0 heterocycles. The minimum absolute atomic E-state index is 0.794. The Hall–Kier alpha value is -10.2. The van der Waals surface area contributed by atoms with Crippen LogP contribution in [0.5, 0.6) is 23.0 Å². The average Bonchev–Trinajstić information content (AvgIpc) is 0.519. The lowest BCUT2D eigenvalue weighted by atomic mass is 9.86. The molecule has 131 heavy (non-hydrogen) atoms. The highest BCUT2D eigenvalue weighted by molar-refractivity contribution is 5.51. The van der Waals surface area contributed by atoms with Gasteiger partial charge in [0.25, 0.3) is 0 Å². The van der Waals surface area contributed by atoms with E-state index in [2.05, 4.69) is 294 Å². The molecule has 0 N–H and O–H groups in total. The van der Waals surface area contributed by atoms with Crippen molar-refractivity contribution in [2.24, 2.45) is 0 Å². The van der Waals surface area contributed by atoms with Crippen molar-refractivity contribution >= 4 is 18.2 Å². The van der Waals surface area contributed by atoms with Gasteiger partial charge in [0, 0.05) is 13.7 Å². The molecule has 5 nitrogen and oxygen atoms in total. The van der Waals surface area contributed by atoms with Crippen LogP contribution in [-0.2, 0) is 140 Å². The summed E-state index contributed by atoms with van der Waals surface area (Å²) in [5.41, 5.74) is 38.2. The molecule has 0 spiro atoms. The van der Waals surface area contributed by atoms with Gasteiger partial charge in [-0.3, -0.25) is 0 Å². The second-order valence-electron chi connectivity index (χ2n) is 36.6. The molecule has 5 heteroatoms. The first kappa shape index (κ1) is 105. The third kappa shape index (κ3) is 37.4. The number of hydrogen-bond acceptors (Lipinski definition) is 5. The van der Waals surface area contributed by atoms with E-state index in [0.717, 1.165) is 62.3 Å². The van der Waals surface area contributed by atoms with E-state index in [1.807, 2.05) is 24.3 Å². The van der Waals surface area contributed by atoms with Crippen molar-refractivity contribution in [3.05, 3.63) is 383 Å². The monoisotopic (exact) mass is 1760 g/mol. The van der Waals surface area contributed by atoms with Gasteiger partial charge in [0.2, 0.25) is 0 Å². The molecule has 8 aliphatic rings. The second-order valence-corrected chi connectivity index (χ2v) is 36.6. The van der Waals surface area contributed by atoms with Crippen LogP contribution in [0, 0.1) is 13.8 Å². The molecule has 8 aliphatic carbocycles. The Kier molecular flexibility index (Phi) is 48.5. The Morgan fingerprint density at radius 1 is 0.221 bits per heavy atom. The molecule has 19 rings (SSSR count). The van der Waals surface area contributed by atoms with Crippen molar-refractivity contribution in [2.45, 2.75) is 313 Å². The van der Waals surface area contributed by atoms with Crippen molar-refractivity contribution in [3.63, 3.8) is 0 Å². The number of methoxy groups -OCH3 is 2. The molecule has 0 unspecified atom stereocenters. The van der Waals surface area contributed by atoms with Gasteiger partial charge in [0.05, 0.1) is 26.9 Å². The molecule has 11 aromatic carbocycles. The Balaban J connectivity index is 0.000000163. The van der Waals surface area contributed by atoms with E-state index in [1.54, 1.807) is 58.7 Å². The predicted molar refractivity (Wildman–Crippen MR) is 566 cm³/mol. The van der Waals surface area contributed by atoms with Crippen LogP contribution in [0.15, 0.2) is 238 Å². The van der Waals surface area contributed by atoms with E-state index in [4.69, 9.17) is 23.7 Å². The first-order chi connectivity index (χ1) is 64.2. The first-order valence-corrected chi connectivity index (χ1v) is 51.1. The van der Waals surface area contributed by atoms with Gasteiger partial charge in [-0.25, -0.2) is 0 Å². The van der Waals surface area contributed by atoms with E-state index in [0.29, 0.717) is 0 Å². The molecule has 0 bridgehead atoms. The van der Waals surface area contributed by atoms with Gasteiger partial charge in [-0.1, -0.05) is 338 Å². The normalized spacial score (nSPS) is 12.5. The van der Waals surface area contributed by atoms with E-state index in [-0.39, 0.29) is 0 Å². The summed E-state index contributed by atoms with van der Waals surface area (Å²) in [6, 6.07) is 78.9. The Morgan fingerprint density at radius 2 is 0.489 bits per heavy atom. The highest BCUT2D eigenvalue weighted by Gasteiger charge is 2.19. The lowest BCUT2D eigenvalue weighted by Gasteiger charge is -2.19. The maximum absolute atomic E-state index is 5.72.